The molecule has 0 fully saturated rings. The van der Waals surface area contributed by atoms with Crippen molar-refractivity contribution in [3.8, 4) is 11.5 Å². The Bertz CT molecular complexity index is 678. The molecule has 5 heteroatoms. The lowest BCUT2D eigenvalue weighted by Gasteiger charge is -2.22. The monoisotopic (exact) mass is 300 g/mol. The lowest BCUT2D eigenvalue weighted by molar-refractivity contribution is 0.0739. The molecule has 1 aromatic carbocycles. The largest absolute Gasteiger partial charge is 0.454 e. The van der Waals surface area contributed by atoms with Gasteiger partial charge in [-0.2, -0.15) is 0 Å². The summed E-state index contributed by atoms with van der Waals surface area (Å²) in [5.74, 6) is 1.35. The number of hydrogen-bond acceptors (Lipinski definition) is 3. The molecule has 0 atom stereocenters. The summed E-state index contributed by atoms with van der Waals surface area (Å²) in [6.45, 7) is 3.61. The van der Waals surface area contributed by atoms with Crippen molar-refractivity contribution in [1.29, 1.82) is 0 Å². The first-order chi connectivity index (χ1) is 10.7. The van der Waals surface area contributed by atoms with E-state index in [0.717, 1.165) is 18.7 Å². The maximum atomic E-state index is 12.8. The molecule has 116 valence electrons. The van der Waals surface area contributed by atoms with E-state index < -0.39 is 0 Å². The van der Waals surface area contributed by atoms with Gasteiger partial charge in [0.05, 0.1) is 6.54 Å². The van der Waals surface area contributed by atoms with Crippen molar-refractivity contribution < 1.29 is 14.3 Å². The summed E-state index contributed by atoms with van der Waals surface area (Å²) in [6, 6.07) is 9.38. The summed E-state index contributed by atoms with van der Waals surface area (Å²) in [5, 5.41) is 0. The van der Waals surface area contributed by atoms with Crippen molar-refractivity contribution in [2.45, 2.75) is 19.9 Å². The number of carbonyl (C=O) groups is 1. The van der Waals surface area contributed by atoms with Gasteiger partial charge >= 0.3 is 0 Å². The van der Waals surface area contributed by atoms with E-state index in [9.17, 15) is 4.79 Å². The quantitative estimate of drug-likeness (QED) is 0.853. The average molecular weight is 300 g/mol. The number of amides is 1. The first-order valence-electron chi connectivity index (χ1n) is 7.48. The lowest BCUT2D eigenvalue weighted by Crippen LogP contribution is -2.32. The van der Waals surface area contributed by atoms with Gasteiger partial charge in [-0.1, -0.05) is 6.92 Å². The number of hydrogen-bond donors (Lipinski definition) is 0. The molecule has 5 nitrogen and oxygen atoms in total. The number of aromatic nitrogens is 1. The molecule has 1 aliphatic rings. The van der Waals surface area contributed by atoms with Gasteiger partial charge in [-0.25, -0.2) is 0 Å². The van der Waals surface area contributed by atoms with E-state index in [1.165, 1.54) is 0 Å². The van der Waals surface area contributed by atoms with E-state index in [2.05, 4.69) is 6.92 Å². The molecule has 0 bridgehead atoms. The summed E-state index contributed by atoms with van der Waals surface area (Å²) in [5.41, 5.74) is 1.74. The molecule has 1 aliphatic heterocycles. The van der Waals surface area contributed by atoms with Gasteiger partial charge < -0.3 is 18.9 Å². The Labute approximate surface area is 130 Å². The van der Waals surface area contributed by atoms with Gasteiger partial charge in [-0.05, 0) is 36.8 Å². The van der Waals surface area contributed by atoms with Crippen LogP contribution in [0.5, 0.6) is 11.5 Å². The summed E-state index contributed by atoms with van der Waals surface area (Å²) in [4.78, 5) is 14.7. The van der Waals surface area contributed by atoms with Gasteiger partial charge in [0, 0.05) is 31.0 Å². The van der Waals surface area contributed by atoms with E-state index in [1.807, 2.05) is 34.8 Å². The molecular weight excluding hydrogens is 280 g/mol. The normalized spacial score (nSPS) is 12.5. The van der Waals surface area contributed by atoms with Crippen molar-refractivity contribution >= 4 is 5.91 Å². The zero-order valence-electron chi connectivity index (χ0n) is 12.9. The SMILES string of the molecule is CCCN(Cc1cccn1C)C(=O)c1ccc2c(c1)OCO2. The number of ether oxygens (including phenoxy) is 2. The van der Waals surface area contributed by atoms with Crippen LogP contribution in [0.15, 0.2) is 36.5 Å². The fourth-order valence-corrected chi connectivity index (χ4v) is 2.59. The smallest absolute Gasteiger partial charge is 0.254 e. The molecule has 0 radical (unpaired) electrons. The maximum absolute atomic E-state index is 12.8. The standard InChI is InChI=1S/C17H20N2O3/c1-3-8-19(11-14-5-4-9-18(14)2)17(20)13-6-7-15-16(10-13)22-12-21-15/h4-7,9-10H,3,8,11-12H2,1-2H3. The van der Waals surface area contributed by atoms with Gasteiger partial charge in [-0.15, -0.1) is 0 Å². The second-order valence-electron chi connectivity index (χ2n) is 5.41. The Balaban J connectivity index is 1.81. The summed E-state index contributed by atoms with van der Waals surface area (Å²) in [6.07, 6.45) is 2.91. The van der Waals surface area contributed by atoms with Crippen molar-refractivity contribution in [3.63, 3.8) is 0 Å². The fourth-order valence-electron chi connectivity index (χ4n) is 2.59. The van der Waals surface area contributed by atoms with Gasteiger partial charge in [0.15, 0.2) is 11.5 Å². The van der Waals surface area contributed by atoms with Gasteiger partial charge in [0.25, 0.3) is 5.91 Å². The first kappa shape index (κ1) is 14.5. The van der Waals surface area contributed by atoms with Gasteiger partial charge in [0.1, 0.15) is 0 Å². The zero-order valence-corrected chi connectivity index (χ0v) is 12.9. The molecule has 0 saturated heterocycles. The number of fused-ring (bicyclic) bond motifs is 1. The maximum Gasteiger partial charge on any atom is 0.254 e. The van der Waals surface area contributed by atoms with Crippen molar-refractivity contribution in [3.05, 3.63) is 47.8 Å². The van der Waals surface area contributed by atoms with Crippen molar-refractivity contribution in [2.75, 3.05) is 13.3 Å². The zero-order chi connectivity index (χ0) is 15.5. The van der Waals surface area contributed by atoms with Gasteiger partial charge in [-0.3, -0.25) is 4.79 Å². The van der Waals surface area contributed by atoms with Gasteiger partial charge in [0.2, 0.25) is 6.79 Å². The third-order valence-corrected chi connectivity index (χ3v) is 3.80. The Hall–Kier alpha value is -2.43. The van der Waals surface area contributed by atoms with Crippen LogP contribution in [0.1, 0.15) is 29.4 Å². The van der Waals surface area contributed by atoms with E-state index in [1.54, 1.807) is 18.2 Å². The molecule has 0 N–H and O–H groups in total. The van der Waals surface area contributed by atoms with E-state index in [-0.39, 0.29) is 12.7 Å². The molecule has 0 aliphatic carbocycles. The van der Waals surface area contributed by atoms with Crippen molar-refractivity contribution in [1.82, 2.24) is 9.47 Å². The number of nitrogens with zero attached hydrogens (tertiary/aromatic N) is 2. The highest BCUT2D eigenvalue weighted by atomic mass is 16.7. The third kappa shape index (κ3) is 2.79. The van der Waals surface area contributed by atoms with Crippen LogP contribution < -0.4 is 9.47 Å². The van der Waals surface area contributed by atoms with E-state index in [4.69, 9.17) is 9.47 Å². The predicted octanol–water partition coefficient (Wildman–Crippen LogP) is 2.81. The number of benzene rings is 1. The molecule has 2 aromatic rings. The molecular formula is C17H20N2O3. The minimum Gasteiger partial charge on any atom is -0.454 e. The first-order valence-corrected chi connectivity index (χ1v) is 7.48. The van der Waals surface area contributed by atoms with E-state index >= 15 is 0 Å². The Morgan fingerprint density at radius 1 is 1.27 bits per heavy atom. The highest BCUT2D eigenvalue weighted by Crippen LogP contribution is 2.32. The Kier molecular flexibility index (Phi) is 4.04. The minimum absolute atomic E-state index is 0.0151. The molecule has 1 amide bonds. The van der Waals surface area contributed by atoms with Crippen LogP contribution in [0.4, 0.5) is 0 Å². The topological polar surface area (TPSA) is 43.7 Å². The average Bonchev–Trinajstić information content (AvgIpc) is 3.14. The molecule has 3 rings (SSSR count). The molecule has 0 spiro atoms. The van der Waals surface area contributed by atoms with Crippen LogP contribution in [-0.4, -0.2) is 28.7 Å². The Morgan fingerprint density at radius 3 is 2.82 bits per heavy atom. The highest BCUT2D eigenvalue weighted by Gasteiger charge is 2.20. The Morgan fingerprint density at radius 2 is 2.09 bits per heavy atom. The minimum atomic E-state index is 0.0151. The molecule has 0 saturated carbocycles. The number of rotatable bonds is 5. The van der Waals surface area contributed by atoms with Crippen LogP contribution in [0, 0.1) is 0 Å². The third-order valence-electron chi connectivity index (χ3n) is 3.80. The van der Waals surface area contributed by atoms with Crippen molar-refractivity contribution in [2.24, 2.45) is 7.05 Å². The predicted molar refractivity (Wildman–Crippen MR) is 83.0 cm³/mol. The van der Waals surface area contributed by atoms with Crippen LogP contribution in [0.2, 0.25) is 0 Å². The second-order valence-corrected chi connectivity index (χ2v) is 5.41. The summed E-state index contributed by atoms with van der Waals surface area (Å²) in [7, 11) is 1.99. The van der Waals surface area contributed by atoms with Crippen LogP contribution in [0.25, 0.3) is 0 Å². The van der Waals surface area contributed by atoms with E-state index in [0.29, 0.717) is 23.6 Å². The molecule has 0 unspecified atom stereocenters. The fraction of sp³-hybridized carbons (Fsp3) is 0.353. The second kappa shape index (κ2) is 6.13. The van der Waals surface area contributed by atoms with Crippen LogP contribution in [0.3, 0.4) is 0 Å². The molecule has 1 aromatic heterocycles. The molecule has 22 heavy (non-hydrogen) atoms. The number of aryl methyl sites for hydroxylation is 1. The lowest BCUT2D eigenvalue weighted by atomic mass is 10.1. The van der Waals surface area contributed by atoms with Crippen LogP contribution >= 0.6 is 0 Å². The number of carbonyl (C=O) groups excluding carboxylic acids is 1. The highest BCUT2D eigenvalue weighted by molar-refractivity contribution is 5.95. The molecule has 2 heterocycles. The summed E-state index contributed by atoms with van der Waals surface area (Å²) < 4.78 is 12.7. The summed E-state index contributed by atoms with van der Waals surface area (Å²) >= 11 is 0. The van der Waals surface area contributed by atoms with Crippen LogP contribution in [-0.2, 0) is 13.6 Å².